The molecule has 1 aromatic carbocycles. The summed E-state index contributed by atoms with van der Waals surface area (Å²) in [4.78, 5) is 25.9. The van der Waals surface area contributed by atoms with Crippen molar-refractivity contribution < 1.29 is 9.53 Å². The summed E-state index contributed by atoms with van der Waals surface area (Å²) < 4.78 is 5.68. The summed E-state index contributed by atoms with van der Waals surface area (Å²) >= 11 is 0. The first-order valence-electron chi connectivity index (χ1n) is 10.4. The predicted octanol–water partition coefficient (Wildman–Crippen LogP) is 4.21. The molecule has 6 nitrogen and oxygen atoms in total. The second kappa shape index (κ2) is 10.5. The van der Waals surface area contributed by atoms with Gasteiger partial charge in [-0.15, -0.1) is 0 Å². The molecule has 2 aromatic heterocycles. The minimum atomic E-state index is -0.225. The maximum atomic E-state index is 12.3. The van der Waals surface area contributed by atoms with Crippen molar-refractivity contribution in [3.63, 3.8) is 0 Å². The number of pyridine rings is 2. The normalized spacial score (nSPS) is 12.3. The van der Waals surface area contributed by atoms with Gasteiger partial charge >= 0.3 is 0 Å². The minimum absolute atomic E-state index is 0.114. The van der Waals surface area contributed by atoms with E-state index in [1.54, 1.807) is 6.20 Å². The van der Waals surface area contributed by atoms with E-state index in [0.717, 1.165) is 33.8 Å². The van der Waals surface area contributed by atoms with E-state index < -0.39 is 0 Å². The lowest BCUT2D eigenvalue weighted by molar-refractivity contribution is -0.123. The number of benzene rings is 1. The highest BCUT2D eigenvalue weighted by Gasteiger charge is 2.16. The quantitative estimate of drug-likeness (QED) is 0.558. The van der Waals surface area contributed by atoms with Crippen LogP contribution in [0.25, 0.3) is 0 Å². The maximum absolute atomic E-state index is 12.3. The molecule has 160 valence electrons. The molecule has 1 atom stereocenters. The van der Waals surface area contributed by atoms with Crippen LogP contribution in [0, 0.1) is 13.8 Å². The van der Waals surface area contributed by atoms with E-state index in [0.29, 0.717) is 12.4 Å². The number of nitrogens with one attached hydrogen (secondary N) is 1. The summed E-state index contributed by atoms with van der Waals surface area (Å²) in [6.07, 6.45) is 1.71. The molecule has 0 radical (unpaired) electrons. The number of carbonyl (C=O) groups excluding carboxylic acids is 1. The second-order valence-electron chi connectivity index (χ2n) is 7.26. The lowest BCUT2D eigenvalue weighted by Crippen LogP contribution is -2.31. The summed E-state index contributed by atoms with van der Waals surface area (Å²) in [6, 6.07) is 17.3. The number of aryl methyl sites for hydroxylation is 2. The van der Waals surface area contributed by atoms with Crippen molar-refractivity contribution in [2.45, 2.75) is 33.7 Å². The molecule has 0 spiro atoms. The third kappa shape index (κ3) is 5.75. The van der Waals surface area contributed by atoms with Gasteiger partial charge < -0.3 is 10.1 Å². The lowest BCUT2D eigenvalue weighted by Gasteiger charge is -2.16. The molecule has 6 heteroatoms. The van der Waals surface area contributed by atoms with Crippen LogP contribution in [-0.2, 0) is 4.79 Å². The van der Waals surface area contributed by atoms with Gasteiger partial charge in [-0.1, -0.05) is 36.4 Å². The van der Waals surface area contributed by atoms with Crippen molar-refractivity contribution in [3.8, 4) is 5.88 Å². The topological polar surface area (TPSA) is 76.5 Å². The molecule has 1 amide bonds. The largest absolute Gasteiger partial charge is 0.468 e. The van der Waals surface area contributed by atoms with Crippen molar-refractivity contribution in [2.75, 3.05) is 13.2 Å². The van der Waals surface area contributed by atoms with Crippen LogP contribution in [0.2, 0.25) is 0 Å². The van der Waals surface area contributed by atoms with Crippen molar-refractivity contribution in [3.05, 3.63) is 88.9 Å². The lowest BCUT2D eigenvalue weighted by atomic mass is 9.97. The molecule has 3 rings (SSSR count). The van der Waals surface area contributed by atoms with E-state index in [9.17, 15) is 4.79 Å². The Morgan fingerprint density at radius 3 is 2.52 bits per heavy atom. The van der Waals surface area contributed by atoms with Crippen molar-refractivity contribution in [1.82, 2.24) is 15.3 Å². The third-order valence-electron chi connectivity index (χ3n) is 4.83. The van der Waals surface area contributed by atoms with Crippen molar-refractivity contribution in [2.24, 2.45) is 4.99 Å². The summed E-state index contributed by atoms with van der Waals surface area (Å²) in [5, 5.41) is 2.89. The summed E-state index contributed by atoms with van der Waals surface area (Å²) in [5.74, 6) is 0.195. The SMILES string of the molecule is CCN=C(c1ccccc1)c1c(C)cc(OCC(=O)NC(C)c2ccccn2)nc1C. The molecule has 0 saturated carbocycles. The molecule has 0 saturated heterocycles. The van der Waals surface area contributed by atoms with Gasteiger partial charge in [0, 0.05) is 29.9 Å². The molecule has 0 bridgehead atoms. The van der Waals surface area contributed by atoms with Crippen molar-refractivity contribution in [1.29, 1.82) is 0 Å². The predicted molar refractivity (Wildman–Crippen MR) is 123 cm³/mol. The van der Waals surface area contributed by atoms with E-state index in [2.05, 4.69) is 15.3 Å². The fourth-order valence-electron chi connectivity index (χ4n) is 3.43. The Balaban J connectivity index is 1.71. The van der Waals surface area contributed by atoms with Gasteiger partial charge in [-0.3, -0.25) is 14.8 Å². The van der Waals surface area contributed by atoms with Gasteiger partial charge in [-0.25, -0.2) is 4.98 Å². The third-order valence-corrected chi connectivity index (χ3v) is 4.83. The first kappa shape index (κ1) is 22.2. The second-order valence-corrected chi connectivity index (χ2v) is 7.26. The molecule has 3 aromatic rings. The summed E-state index contributed by atoms with van der Waals surface area (Å²) in [7, 11) is 0. The molecule has 0 aliphatic carbocycles. The zero-order valence-corrected chi connectivity index (χ0v) is 18.4. The number of aliphatic imine (C=N–C) groups is 1. The first-order chi connectivity index (χ1) is 15.0. The number of ether oxygens (including phenoxy) is 1. The van der Waals surface area contributed by atoms with Crippen LogP contribution in [0.1, 0.15) is 48.0 Å². The Labute approximate surface area is 183 Å². The average molecular weight is 417 g/mol. The van der Waals surface area contributed by atoms with Gasteiger partial charge in [0.15, 0.2) is 6.61 Å². The number of hydrogen-bond donors (Lipinski definition) is 1. The number of aromatic nitrogens is 2. The highest BCUT2D eigenvalue weighted by atomic mass is 16.5. The monoisotopic (exact) mass is 416 g/mol. The summed E-state index contributed by atoms with van der Waals surface area (Å²) in [5.41, 5.74) is 5.57. The van der Waals surface area contributed by atoms with Gasteiger partial charge in [0.05, 0.1) is 23.1 Å². The number of carbonyl (C=O) groups is 1. The van der Waals surface area contributed by atoms with Crippen LogP contribution in [0.4, 0.5) is 0 Å². The summed E-state index contributed by atoms with van der Waals surface area (Å²) in [6.45, 7) is 8.41. The minimum Gasteiger partial charge on any atom is -0.468 e. The molecule has 0 aliphatic rings. The van der Waals surface area contributed by atoms with Crippen LogP contribution in [0.3, 0.4) is 0 Å². The van der Waals surface area contributed by atoms with Crippen molar-refractivity contribution >= 4 is 11.6 Å². The van der Waals surface area contributed by atoms with Gasteiger partial charge in [0.1, 0.15) is 0 Å². The Bertz CT molecular complexity index is 1030. The number of rotatable bonds is 8. The Morgan fingerprint density at radius 2 is 1.87 bits per heavy atom. The molecular formula is C25H28N4O2. The molecular weight excluding hydrogens is 388 g/mol. The van der Waals surface area contributed by atoms with Gasteiger partial charge in [0.2, 0.25) is 5.88 Å². The van der Waals surface area contributed by atoms with Gasteiger partial charge in [-0.05, 0) is 45.4 Å². The Morgan fingerprint density at radius 1 is 1.13 bits per heavy atom. The zero-order chi connectivity index (χ0) is 22.2. The number of hydrogen-bond acceptors (Lipinski definition) is 5. The van der Waals surface area contributed by atoms with E-state index in [1.165, 1.54) is 0 Å². The van der Waals surface area contributed by atoms with Crippen LogP contribution >= 0.6 is 0 Å². The fraction of sp³-hybridized carbons (Fsp3) is 0.280. The van der Waals surface area contributed by atoms with Gasteiger partial charge in [0.25, 0.3) is 5.91 Å². The molecule has 1 N–H and O–H groups in total. The Kier molecular flexibility index (Phi) is 7.49. The van der Waals surface area contributed by atoms with Gasteiger partial charge in [-0.2, -0.15) is 0 Å². The van der Waals surface area contributed by atoms with Crippen LogP contribution in [-0.4, -0.2) is 34.7 Å². The average Bonchev–Trinajstić information content (AvgIpc) is 2.78. The highest BCUT2D eigenvalue weighted by molar-refractivity contribution is 6.14. The van der Waals surface area contributed by atoms with Crippen LogP contribution in [0.15, 0.2) is 65.8 Å². The van der Waals surface area contributed by atoms with E-state index >= 15 is 0 Å². The zero-order valence-electron chi connectivity index (χ0n) is 18.4. The number of nitrogens with zero attached hydrogens (tertiary/aromatic N) is 3. The smallest absolute Gasteiger partial charge is 0.258 e. The van der Waals surface area contributed by atoms with E-state index in [1.807, 2.05) is 82.3 Å². The molecule has 0 aliphatic heterocycles. The number of amides is 1. The molecule has 31 heavy (non-hydrogen) atoms. The highest BCUT2D eigenvalue weighted by Crippen LogP contribution is 2.22. The molecule has 0 fully saturated rings. The fourth-order valence-corrected chi connectivity index (χ4v) is 3.43. The maximum Gasteiger partial charge on any atom is 0.258 e. The van der Waals surface area contributed by atoms with Crippen LogP contribution in [0.5, 0.6) is 5.88 Å². The van der Waals surface area contributed by atoms with E-state index in [4.69, 9.17) is 9.73 Å². The standard InChI is InChI=1S/C25H28N4O2/c1-5-26-25(20-11-7-6-8-12-20)24-17(2)15-23(29-19(24)4)31-16-22(30)28-18(3)21-13-9-10-14-27-21/h6-15,18H,5,16H2,1-4H3,(H,28,30). The molecule has 1 unspecified atom stereocenters. The first-order valence-corrected chi connectivity index (χ1v) is 10.4. The van der Waals surface area contributed by atoms with Crippen LogP contribution < -0.4 is 10.1 Å². The van der Waals surface area contributed by atoms with E-state index in [-0.39, 0.29) is 18.6 Å². The Hall–Kier alpha value is -3.54. The molecule has 2 heterocycles.